The Morgan fingerprint density at radius 1 is 1.42 bits per heavy atom. The summed E-state index contributed by atoms with van der Waals surface area (Å²) in [4.78, 5) is 19.8. The molecule has 0 bridgehead atoms. The first-order valence-electron chi connectivity index (χ1n) is 6.24. The van der Waals surface area contributed by atoms with Gasteiger partial charge in [-0.3, -0.25) is 9.69 Å². The van der Waals surface area contributed by atoms with Gasteiger partial charge in [-0.05, 0) is 12.1 Å². The number of amides is 1. The lowest BCUT2D eigenvalue weighted by atomic mass is 10.3. The molecule has 2 heterocycles. The Hall–Kier alpha value is -2.08. The van der Waals surface area contributed by atoms with Crippen LogP contribution in [0.4, 0.5) is 5.69 Å². The Labute approximate surface area is 110 Å². The molecule has 1 aliphatic rings. The van der Waals surface area contributed by atoms with Gasteiger partial charge in [0.15, 0.2) is 5.58 Å². The first kappa shape index (κ1) is 12.0. The van der Waals surface area contributed by atoms with Gasteiger partial charge in [0.25, 0.3) is 0 Å². The molecule has 1 aromatic carbocycles. The smallest absolute Gasteiger partial charge is 0.236 e. The predicted octanol–water partition coefficient (Wildman–Crippen LogP) is 0.684. The second-order valence-electron chi connectivity index (χ2n) is 4.83. The molecule has 1 fully saturated rings. The van der Waals surface area contributed by atoms with Gasteiger partial charge in [-0.1, -0.05) is 6.07 Å². The van der Waals surface area contributed by atoms with Crippen molar-refractivity contribution >= 4 is 22.7 Å². The number of piperazine rings is 1. The van der Waals surface area contributed by atoms with Crippen molar-refractivity contribution in [2.24, 2.45) is 0 Å². The fraction of sp³-hybridized carbons (Fsp3) is 0.385. The number of carbonyl (C=O) groups excluding carboxylic acids is 1. The number of aromatic nitrogens is 1. The normalized spacial score (nSPS) is 17.3. The van der Waals surface area contributed by atoms with Crippen molar-refractivity contribution in [3.63, 3.8) is 0 Å². The molecule has 0 unspecified atom stereocenters. The molecule has 6 nitrogen and oxygen atoms in total. The lowest BCUT2D eigenvalue weighted by Crippen LogP contribution is -2.48. The zero-order chi connectivity index (χ0) is 13.4. The number of rotatable bonds is 2. The van der Waals surface area contributed by atoms with E-state index in [1.54, 1.807) is 11.0 Å². The number of benzene rings is 1. The van der Waals surface area contributed by atoms with Crippen molar-refractivity contribution in [2.75, 3.05) is 32.4 Å². The van der Waals surface area contributed by atoms with Crippen LogP contribution in [0.15, 0.2) is 22.6 Å². The van der Waals surface area contributed by atoms with Crippen LogP contribution in [-0.4, -0.2) is 47.4 Å². The molecule has 0 spiro atoms. The quantitative estimate of drug-likeness (QED) is 0.804. The van der Waals surface area contributed by atoms with Crippen molar-refractivity contribution in [3.8, 4) is 0 Å². The third kappa shape index (κ3) is 2.26. The molecule has 1 saturated heterocycles. The summed E-state index contributed by atoms with van der Waals surface area (Å²) in [6.07, 6.45) is 0. The highest BCUT2D eigenvalue weighted by Gasteiger charge is 2.22. The maximum Gasteiger partial charge on any atom is 0.236 e. The molecule has 100 valence electrons. The van der Waals surface area contributed by atoms with Crippen LogP contribution in [0, 0.1) is 0 Å². The molecule has 2 N–H and O–H groups in total. The molecule has 19 heavy (non-hydrogen) atoms. The van der Waals surface area contributed by atoms with Gasteiger partial charge in [-0.2, -0.15) is 0 Å². The average molecular weight is 260 g/mol. The van der Waals surface area contributed by atoms with Crippen molar-refractivity contribution < 1.29 is 9.21 Å². The maximum absolute atomic E-state index is 11.6. The van der Waals surface area contributed by atoms with Crippen LogP contribution in [0.25, 0.3) is 11.1 Å². The van der Waals surface area contributed by atoms with E-state index in [9.17, 15) is 4.79 Å². The highest BCUT2D eigenvalue weighted by molar-refractivity contribution is 5.85. The van der Waals surface area contributed by atoms with Gasteiger partial charge in [0.2, 0.25) is 11.8 Å². The number of hydrogen-bond donors (Lipinski definition) is 1. The van der Waals surface area contributed by atoms with Gasteiger partial charge < -0.3 is 15.1 Å². The summed E-state index contributed by atoms with van der Waals surface area (Å²) in [7, 11) is 1.82. The second-order valence-corrected chi connectivity index (χ2v) is 4.83. The highest BCUT2D eigenvalue weighted by Crippen LogP contribution is 2.22. The maximum atomic E-state index is 11.6. The van der Waals surface area contributed by atoms with E-state index in [1.807, 2.05) is 24.1 Å². The van der Waals surface area contributed by atoms with E-state index in [-0.39, 0.29) is 5.91 Å². The molecule has 0 aliphatic carbocycles. The molecule has 0 radical (unpaired) electrons. The summed E-state index contributed by atoms with van der Waals surface area (Å²) in [5.41, 5.74) is 7.84. The van der Waals surface area contributed by atoms with E-state index < -0.39 is 0 Å². The molecule has 1 aliphatic heterocycles. The number of nitrogens with two attached hydrogens (primary N) is 1. The summed E-state index contributed by atoms with van der Waals surface area (Å²) >= 11 is 0. The fourth-order valence-electron chi connectivity index (χ4n) is 2.22. The first-order valence-corrected chi connectivity index (χ1v) is 6.24. The number of carbonyl (C=O) groups is 1. The Bertz CT molecular complexity index is 622. The number of para-hydroxylation sites is 1. The predicted molar refractivity (Wildman–Crippen MR) is 71.3 cm³/mol. The van der Waals surface area contributed by atoms with Crippen molar-refractivity contribution in [1.29, 1.82) is 0 Å². The van der Waals surface area contributed by atoms with Gasteiger partial charge in [0.05, 0.1) is 18.8 Å². The lowest BCUT2D eigenvalue weighted by molar-refractivity contribution is -0.134. The van der Waals surface area contributed by atoms with Crippen LogP contribution in [0.3, 0.4) is 0 Å². The van der Waals surface area contributed by atoms with Crippen molar-refractivity contribution in [1.82, 2.24) is 14.8 Å². The van der Waals surface area contributed by atoms with Crippen LogP contribution in [0.2, 0.25) is 0 Å². The number of hydrogen-bond acceptors (Lipinski definition) is 5. The standard InChI is InChI=1S/C13H16N4O2/c1-16-5-6-17(8-12(16)18)7-11-15-13-9(14)3-2-4-10(13)19-11/h2-4H,5-8,14H2,1H3. The van der Waals surface area contributed by atoms with Crippen molar-refractivity contribution in [2.45, 2.75) is 6.54 Å². The zero-order valence-electron chi connectivity index (χ0n) is 10.8. The summed E-state index contributed by atoms with van der Waals surface area (Å²) < 4.78 is 5.66. The minimum absolute atomic E-state index is 0.127. The van der Waals surface area contributed by atoms with Gasteiger partial charge in [0.1, 0.15) is 5.52 Å². The molecular formula is C13H16N4O2. The third-order valence-electron chi connectivity index (χ3n) is 3.39. The number of nitrogens with zero attached hydrogens (tertiary/aromatic N) is 3. The Morgan fingerprint density at radius 2 is 2.26 bits per heavy atom. The highest BCUT2D eigenvalue weighted by atomic mass is 16.3. The van der Waals surface area contributed by atoms with E-state index in [1.165, 1.54) is 0 Å². The zero-order valence-corrected chi connectivity index (χ0v) is 10.8. The molecule has 6 heteroatoms. The van der Waals surface area contributed by atoms with E-state index in [4.69, 9.17) is 10.2 Å². The number of anilines is 1. The Morgan fingerprint density at radius 3 is 3.00 bits per heavy atom. The molecule has 3 rings (SSSR count). The summed E-state index contributed by atoms with van der Waals surface area (Å²) in [6.45, 7) is 2.51. The van der Waals surface area contributed by atoms with Gasteiger partial charge in [0, 0.05) is 20.1 Å². The molecule has 2 aromatic rings. The number of likely N-dealkylation sites (N-methyl/N-ethyl adjacent to an activating group) is 1. The van der Waals surface area contributed by atoms with Crippen molar-refractivity contribution in [3.05, 3.63) is 24.1 Å². The van der Waals surface area contributed by atoms with Crippen LogP contribution in [0.5, 0.6) is 0 Å². The second kappa shape index (κ2) is 4.55. The van der Waals surface area contributed by atoms with E-state index in [0.717, 1.165) is 13.1 Å². The number of fused-ring (bicyclic) bond motifs is 1. The van der Waals surface area contributed by atoms with Crippen LogP contribution >= 0.6 is 0 Å². The third-order valence-corrected chi connectivity index (χ3v) is 3.39. The molecule has 1 aromatic heterocycles. The molecule has 1 amide bonds. The average Bonchev–Trinajstić information content (AvgIpc) is 2.78. The van der Waals surface area contributed by atoms with E-state index >= 15 is 0 Å². The number of nitrogen functional groups attached to an aromatic ring is 1. The largest absolute Gasteiger partial charge is 0.439 e. The monoisotopic (exact) mass is 260 g/mol. The topological polar surface area (TPSA) is 75.6 Å². The van der Waals surface area contributed by atoms with Crippen LogP contribution < -0.4 is 5.73 Å². The molecular weight excluding hydrogens is 244 g/mol. The van der Waals surface area contributed by atoms with Crippen LogP contribution in [0.1, 0.15) is 5.89 Å². The SMILES string of the molecule is CN1CCN(Cc2nc3c(N)cccc3o2)CC1=O. The van der Waals surface area contributed by atoms with E-state index in [0.29, 0.717) is 35.8 Å². The van der Waals surface area contributed by atoms with Gasteiger partial charge >= 0.3 is 0 Å². The van der Waals surface area contributed by atoms with E-state index in [2.05, 4.69) is 4.98 Å². The number of oxazole rings is 1. The Kier molecular flexibility index (Phi) is 2.87. The summed E-state index contributed by atoms with van der Waals surface area (Å²) in [5, 5.41) is 0. The molecule has 0 atom stereocenters. The minimum atomic E-state index is 0.127. The minimum Gasteiger partial charge on any atom is -0.439 e. The summed E-state index contributed by atoms with van der Waals surface area (Å²) in [6, 6.07) is 5.48. The Balaban J connectivity index is 1.78. The van der Waals surface area contributed by atoms with Gasteiger partial charge in [-0.25, -0.2) is 4.98 Å². The molecule has 0 saturated carbocycles. The lowest BCUT2D eigenvalue weighted by Gasteiger charge is -2.30. The fourth-order valence-corrected chi connectivity index (χ4v) is 2.22. The summed E-state index contributed by atoms with van der Waals surface area (Å²) in [5.74, 6) is 0.729. The van der Waals surface area contributed by atoms with Crippen LogP contribution in [-0.2, 0) is 11.3 Å². The first-order chi connectivity index (χ1) is 9.13. The van der Waals surface area contributed by atoms with Gasteiger partial charge in [-0.15, -0.1) is 0 Å².